The molecule has 0 bridgehead atoms. The van der Waals surface area contributed by atoms with Crippen molar-refractivity contribution in [3.05, 3.63) is 77.9 Å². The van der Waals surface area contributed by atoms with E-state index in [0.29, 0.717) is 23.3 Å². The van der Waals surface area contributed by atoms with E-state index in [4.69, 9.17) is 9.47 Å². The topological polar surface area (TPSA) is 72.8 Å². The van der Waals surface area contributed by atoms with E-state index in [9.17, 15) is 14.7 Å². The number of ketones is 1. The van der Waals surface area contributed by atoms with Crippen LogP contribution in [0.25, 0.3) is 16.3 Å². The van der Waals surface area contributed by atoms with Gasteiger partial charge in [-0.05, 0) is 53.5 Å². The molecular formula is C26H24O5. The van der Waals surface area contributed by atoms with Crippen molar-refractivity contribution in [2.45, 2.75) is 19.3 Å². The highest BCUT2D eigenvalue weighted by Crippen LogP contribution is 2.45. The van der Waals surface area contributed by atoms with Gasteiger partial charge in [0, 0.05) is 5.92 Å². The molecule has 1 aliphatic rings. The first-order valence-electron chi connectivity index (χ1n) is 10.3. The fourth-order valence-corrected chi connectivity index (χ4v) is 4.32. The van der Waals surface area contributed by atoms with Crippen LogP contribution in [0.3, 0.4) is 0 Å². The normalized spacial score (nSPS) is 18.5. The first kappa shape index (κ1) is 20.7. The van der Waals surface area contributed by atoms with E-state index in [0.717, 1.165) is 16.3 Å². The molecule has 4 rings (SSSR count). The fourth-order valence-electron chi connectivity index (χ4n) is 4.32. The second-order valence-electron chi connectivity index (χ2n) is 7.57. The van der Waals surface area contributed by atoms with Gasteiger partial charge in [-0.1, -0.05) is 48.5 Å². The summed E-state index contributed by atoms with van der Waals surface area (Å²) < 4.78 is 10.7. The van der Waals surface area contributed by atoms with Gasteiger partial charge in [-0.3, -0.25) is 9.59 Å². The van der Waals surface area contributed by atoms with E-state index in [1.54, 1.807) is 25.1 Å². The van der Waals surface area contributed by atoms with Crippen molar-refractivity contribution in [1.82, 2.24) is 0 Å². The zero-order valence-corrected chi connectivity index (χ0v) is 17.5. The maximum absolute atomic E-state index is 13.2. The minimum absolute atomic E-state index is 0.0326. The number of benzene rings is 3. The minimum atomic E-state index is -0.929. The van der Waals surface area contributed by atoms with Crippen LogP contribution in [0.1, 0.15) is 30.4 Å². The first-order chi connectivity index (χ1) is 15.0. The van der Waals surface area contributed by atoms with Gasteiger partial charge >= 0.3 is 5.97 Å². The molecule has 158 valence electrons. The fraction of sp³-hybridized carbons (Fsp3) is 0.231. The molecule has 3 aromatic rings. The van der Waals surface area contributed by atoms with Crippen LogP contribution in [0.4, 0.5) is 0 Å². The summed E-state index contributed by atoms with van der Waals surface area (Å²) in [7, 11) is 1.52. The molecule has 0 heterocycles. The van der Waals surface area contributed by atoms with Gasteiger partial charge in [0.1, 0.15) is 17.4 Å². The van der Waals surface area contributed by atoms with E-state index in [1.807, 2.05) is 42.5 Å². The molecule has 3 aromatic carbocycles. The van der Waals surface area contributed by atoms with Gasteiger partial charge in [-0.2, -0.15) is 0 Å². The van der Waals surface area contributed by atoms with Crippen molar-refractivity contribution < 1.29 is 24.2 Å². The molecule has 0 radical (unpaired) electrons. The number of ether oxygens (including phenoxy) is 2. The van der Waals surface area contributed by atoms with Crippen LogP contribution in [0.5, 0.6) is 11.5 Å². The number of aromatic hydroxyl groups is 1. The second kappa shape index (κ2) is 8.64. The van der Waals surface area contributed by atoms with E-state index in [-0.39, 0.29) is 18.1 Å². The molecule has 5 nitrogen and oxygen atoms in total. The van der Waals surface area contributed by atoms with Crippen LogP contribution in [-0.2, 0) is 14.3 Å². The Morgan fingerprint density at radius 2 is 1.84 bits per heavy atom. The molecule has 0 aromatic heterocycles. The van der Waals surface area contributed by atoms with Crippen LogP contribution in [0.15, 0.2) is 66.7 Å². The van der Waals surface area contributed by atoms with Gasteiger partial charge in [0.05, 0.1) is 19.3 Å². The van der Waals surface area contributed by atoms with E-state index in [1.165, 1.54) is 13.2 Å². The van der Waals surface area contributed by atoms with Gasteiger partial charge in [0.15, 0.2) is 5.78 Å². The summed E-state index contributed by atoms with van der Waals surface area (Å²) in [5.41, 5.74) is 2.00. The number of esters is 1. The molecule has 31 heavy (non-hydrogen) atoms. The number of rotatable bonds is 5. The lowest BCUT2D eigenvalue weighted by molar-refractivity contribution is -0.151. The number of phenols is 1. The predicted octanol–water partition coefficient (Wildman–Crippen LogP) is 4.87. The maximum Gasteiger partial charge on any atom is 0.317 e. The third-order valence-electron chi connectivity index (χ3n) is 5.75. The van der Waals surface area contributed by atoms with Gasteiger partial charge < -0.3 is 14.6 Å². The molecule has 0 saturated carbocycles. The number of carbonyl (C=O) groups excluding carboxylic acids is 2. The number of fused-ring (bicyclic) bond motifs is 1. The summed E-state index contributed by atoms with van der Waals surface area (Å²) in [6.07, 6.45) is 1.83. The molecule has 0 amide bonds. The largest absolute Gasteiger partial charge is 0.507 e. The number of methoxy groups -OCH3 is 1. The highest BCUT2D eigenvalue weighted by atomic mass is 16.5. The predicted molar refractivity (Wildman–Crippen MR) is 119 cm³/mol. The summed E-state index contributed by atoms with van der Waals surface area (Å²) in [6, 6.07) is 18.9. The van der Waals surface area contributed by atoms with Crippen LogP contribution >= 0.6 is 0 Å². The number of phenolic OH excluding ortho intramolecular Hbond substituents is 1. The Morgan fingerprint density at radius 1 is 1.06 bits per heavy atom. The molecule has 2 atom stereocenters. The summed E-state index contributed by atoms with van der Waals surface area (Å²) >= 11 is 0. The van der Waals surface area contributed by atoms with E-state index >= 15 is 0 Å². The molecule has 1 N–H and O–H groups in total. The Morgan fingerprint density at radius 3 is 2.58 bits per heavy atom. The summed E-state index contributed by atoms with van der Waals surface area (Å²) in [4.78, 5) is 25.9. The summed E-state index contributed by atoms with van der Waals surface area (Å²) in [5.74, 6) is -1.69. The molecule has 2 unspecified atom stereocenters. The molecular weight excluding hydrogens is 392 g/mol. The lowest BCUT2D eigenvalue weighted by atomic mass is 9.73. The third kappa shape index (κ3) is 3.91. The summed E-state index contributed by atoms with van der Waals surface area (Å²) in [5, 5.41) is 12.6. The van der Waals surface area contributed by atoms with Crippen molar-refractivity contribution in [3.8, 4) is 11.5 Å². The quantitative estimate of drug-likeness (QED) is 0.474. The number of allylic oxidation sites excluding steroid dienone is 2. The maximum atomic E-state index is 13.2. The highest BCUT2D eigenvalue weighted by Gasteiger charge is 2.40. The molecule has 5 heteroatoms. The Hall–Kier alpha value is -3.60. The van der Waals surface area contributed by atoms with Crippen molar-refractivity contribution in [3.63, 3.8) is 0 Å². The average molecular weight is 416 g/mol. The van der Waals surface area contributed by atoms with Gasteiger partial charge in [-0.15, -0.1) is 0 Å². The van der Waals surface area contributed by atoms with Gasteiger partial charge in [-0.25, -0.2) is 0 Å². The Labute approximate surface area is 180 Å². The van der Waals surface area contributed by atoms with Gasteiger partial charge in [0.25, 0.3) is 0 Å². The molecule has 0 spiro atoms. The lowest BCUT2D eigenvalue weighted by Crippen LogP contribution is -2.34. The zero-order chi connectivity index (χ0) is 22.0. The van der Waals surface area contributed by atoms with Crippen LogP contribution in [-0.4, -0.2) is 30.6 Å². The van der Waals surface area contributed by atoms with E-state index < -0.39 is 17.8 Å². The first-order valence-corrected chi connectivity index (χ1v) is 10.3. The Kier molecular flexibility index (Phi) is 5.76. The SMILES string of the molecule is CCOC(=O)C1C(=O)C=C(c2c(O)cccc2OC)CC1c1ccc2ccccc2c1. The number of carbonyl (C=O) groups is 2. The molecule has 0 fully saturated rings. The van der Waals surface area contributed by atoms with E-state index in [2.05, 4.69) is 0 Å². The van der Waals surface area contributed by atoms with Crippen molar-refractivity contribution in [1.29, 1.82) is 0 Å². The number of hydrogen-bond donors (Lipinski definition) is 1. The highest BCUT2D eigenvalue weighted by molar-refractivity contribution is 6.11. The molecule has 0 aliphatic heterocycles. The van der Waals surface area contributed by atoms with Crippen LogP contribution < -0.4 is 4.74 Å². The van der Waals surface area contributed by atoms with Gasteiger partial charge in [0.2, 0.25) is 0 Å². The lowest BCUT2D eigenvalue weighted by Gasteiger charge is -2.30. The monoisotopic (exact) mass is 416 g/mol. The van der Waals surface area contributed by atoms with Crippen molar-refractivity contribution >= 4 is 28.1 Å². The molecule has 1 aliphatic carbocycles. The Balaban J connectivity index is 1.83. The average Bonchev–Trinajstić information content (AvgIpc) is 2.78. The molecule has 0 saturated heterocycles. The van der Waals surface area contributed by atoms with Crippen LogP contribution in [0.2, 0.25) is 0 Å². The Bertz CT molecular complexity index is 1180. The minimum Gasteiger partial charge on any atom is -0.507 e. The smallest absolute Gasteiger partial charge is 0.317 e. The standard InChI is InChI=1S/C26H24O5/c1-3-31-26(29)25-20(18-12-11-16-7-4-5-8-17(16)13-18)14-19(15-22(25)28)24-21(27)9-6-10-23(24)30-2/h4-13,15,20,25,27H,3,14H2,1-2H3. The van der Waals surface area contributed by atoms with Crippen molar-refractivity contribution in [2.24, 2.45) is 5.92 Å². The van der Waals surface area contributed by atoms with Crippen LogP contribution in [0, 0.1) is 5.92 Å². The van der Waals surface area contributed by atoms with Crippen molar-refractivity contribution in [2.75, 3.05) is 13.7 Å². The zero-order valence-electron chi connectivity index (χ0n) is 17.5. The second-order valence-corrected chi connectivity index (χ2v) is 7.57. The summed E-state index contributed by atoms with van der Waals surface area (Å²) in [6.45, 7) is 1.93. The number of hydrogen-bond acceptors (Lipinski definition) is 5. The third-order valence-corrected chi connectivity index (χ3v) is 5.75.